The molecule has 0 fully saturated rings. The summed E-state index contributed by atoms with van der Waals surface area (Å²) in [7, 11) is 0. The van der Waals surface area contributed by atoms with Gasteiger partial charge in [0.15, 0.2) is 11.9 Å². The van der Waals surface area contributed by atoms with E-state index >= 15 is 0 Å². The van der Waals surface area contributed by atoms with Gasteiger partial charge >= 0.3 is 5.97 Å². The fourth-order valence-electron chi connectivity index (χ4n) is 3.27. The largest absolute Gasteiger partial charge is 0.479 e. The van der Waals surface area contributed by atoms with Crippen molar-refractivity contribution in [2.75, 3.05) is 0 Å². The first-order valence-electron chi connectivity index (χ1n) is 8.95. The maximum absolute atomic E-state index is 14.5. The van der Waals surface area contributed by atoms with Crippen LogP contribution in [0.2, 0.25) is 10.0 Å². The maximum Gasteiger partial charge on any atom is 0.337 e. The molecular weight excluding hydrogens is 416 g/mol. The lowest BCUT2D eigenvalue weighted by molar-refractivity contribution is -0.160. The molecule has 0 amide bonds. The van der Waals surface area contributed by atoms with Crippen LogP contribution >= 0.6 is 23.2 Å². The highest BCUT2D eigenvalue weighted by molar-refractivity contribution is 6.37. The zero-order valence-electron chi connectivity index (χ0n) is 16.4. The number of rotatable bonds is 4. The Labute approximate surface area is 178 Å². The number of hydrogen-bond donors (Lipinski definition) is 1. The minimum absolute atomic E-state index is 0.115. The summed E-state index contributed by atoms with van der Waals surface area (Å²) in [6.07, 6.45) is -1.32. The van der Waals surface area contributed by atoms with Crippen LogP contribution in [0.4, 0.5) is 4.39 Å². The maximum atomic E-state index is 14.5. The number of para-hydroxylation sites is 1. The van der Waals surface area contributed by atoms with Gasteiger partial charge in [-0.15, -0.1) is 0 Å². The summed E-state index contributed by atoms with van der Waals surface area (Å²) in [6.45, 7) is 7.00. The second-order valence-corrected chi connectivity index (χ2v) is 8.46. The van der Waals surface area contributed by atoms with E-state index in [1.807, 2.05) is 6.07 Å². The number of carboxylic acid groups (broad SMARTS) is 1. The number of ether oxygens (including phenoxy) is 1. The van der Waals surface area contributed by atoms with E-state index in [-0.39, 0.29) is 10.0 Å². The molecule has 0 aliphatic rings. The lowest BCUT2D eigenvalue weighted by atomic mass is 9.91. The first-order valence-corrected chi connectivity index (χ1v) is 9.70. The van der Waals surface area contributed by atoms with Crippen LogP contribution in [0, 0.1) is 12.7 Å². The van der Waals surface area contributed by atoms with Gasteiger partial charge in [0.25, 0.3) is 0 Å². The van der Waals surface area contributed by atoms with Gasteiger partial charge in [-0.25, -0.2) is 9.18 Å². The lowest BCUT2D eigenvalue weighted by Gasteiger charge is -2.28. The zero-order valence-corrected chi connectivity index (χ0v) is 17.9. The Morgan fingerprint density at radius 3 is 2.45 bits per heavy atom. The van der Waals surface area contributed by atoms with Crippen molar-refractivity contribution in [2.45, 2.75) is 39.4 Å². The first-order chi connectivity index (χ1) is 13.5. The zero-order chi connectivity index (χ0) is 21.5. The van der Waals surface area contributed by atoms with Crippen molar-refractivity contribution in [1.29, 1.82) is 0 Å². The number of aromatic nitrogens is 1. The average Bonchev–Trinajstić information content (AvgIpc) is 2.63. The van der Waals surface area contributed by atoms with Gasteiger partial charge in [-0.1, -0.05) is 47.5 Å². The summed E-state index contributed by atoms with van der Waals surface area (Å²) < 4.78 is 20.4. The molecule has 0 spiro atoms. The van der Waals surface area contributed by atoms with E-state index in [0.29, 0.717) is 33.3 Å². The average molecular weight is 436 g/mol. The highest BCUT2D eigenvalue weighted by Crippen LogP contribution is 2.43. The SMILES string of the molecule is Cc1nc2ccccc2c(-c2ccc(Cl)c(F)c2Cl)c1[C@H](OC(C)(C)C)C(=O)O. The molecule has 4 nitrogen and oxygen atoms in total. The molecule has 2 aromatic carbocycles. The topological polar surface area (TPSA) is 59.4 Å². The predicted molar refractivity (Wildman–Crippen MR) is 113 cm³/mol. The number of benzene rings is 2. The Hall–Kier alpha value is -2.21. The van der Waals surface area contributed by atoms with E-state index in [4.69, 9.17) is 27.9 Å². The highest BCUT2D eigenvalue weighted by Gasteiger charge is 2.33. The van der Waals surface area contributed by atoms with Crippen LogP contribution in [0.3, 0.4) is 0 Å². The molecule has 0 aliphatic heterocycles. The number of aliphatic carboxylic acids is 1. The van der Waals surface area contributed by atoms with Crippen LogP contribution in [0.15, 0.2) is 36.4 Å². The van der Waals surface area contributed by atoms with Crippen LogP contribution < -0.4 is 0 Å². The van der Waals surface area contributed by atoms with Crippen LogP contribution in [0.5, 0.6) is 0 Å². The minimum atomic E-state index is -1.32. The fourth-order valence-corrected chi connectivity index (χ4v) is 3.73. The summed E-state index contributed by atoms with van der Waals surface area (Å²) in [5.74, 6) is -1.94. The Morgan fingerprint density at radius 1 is 1.17 bits per heavy atom. The number of fused-ring (bicyclic) bond motifs is 1. The van der Waals surface area contributed by atoms with E-state index in [1.54, 1.807) is 52.0 Å². The smallest absolute Gasteiger partial charge is 0.337 e. The Morgan fingerprint density at radius 2 is 1.83 bits per heavy atom. The summed E-state index contributed by atoms with van der Waals surface area (Å²) >= 11 is 12.2. The standard InChI is InChI=1S/C22H20Cl2FNO3/c1-11-16(20(21(27)28)29-22(2,3)4)17(12-7-5-6-8-15(12)26-11)13-9-10-14(23)19(25)18(13)24/h5-10,20H,1-4H3,(H,27,28)/t20-/m0/s1. The molecule has 1 heterocycles. The Bertz CT molecular complexity index is 1110. The predicted octanol–water partition coefficient (Wildman–Crippen LogP) is 6.60. The number of nitrogens with zero attached hydrogens (tertiary/aromatic N) is 1. The second-order valence-electron chi connectivity index (χ2n) is 7.67. The third-order valence-corrected chi connectivity index (χ3v) is 5.04. The van der Waals surface area contributed by atoms with E-state index in [9.17, 15) is 14.3 Å². The van der Waals surface area contributed by atoms with E-state index in [2.05, 4.69) is 4.98 Å². The Kier molecular flexibility index (Phi) is 5.86. The van der Waals surface area contributed by atoms with E-state index in [1.165, 1.54) is 6.07 Å². The van der Waals surface area contributed by atoms with Crippen LogP contribution in [-0.4, -0.2) is 21.7 Å². The normalized spacial score (nSPS) is 12.9. The number of halogens is 3. The molecule has 1 aromatic heterocycles. The fraction of sp³-hybridized carbons (Fsp3) is 0.273. The van der Waals surface area contributed by atoms with Gasteiger partial charge in [-0.2, -0.15) is 0 Å². The molecule has 0 unspecified atom stereocenters. The van der Waals surface area contributed by atoms with Gasteiger partial charge in [0.05, 0.1) is 21.2 Å². The van der Waals surface area contributed by atoms with Gasteiger partial charge in [-0.3, -0.25) is 4.98 Å². The summed E-state index contributed by atoms with van der Waals surface area (Å²) in [4.78, 5) is 16.7. The van der Waals surface area contributed by atoms with Crippen molar-refractivity contribution in [3.8, 4) is 11.1 Å². The number of aryl methyl sites for hydroxylation is 1. The van der Waals surface area contributed by atoms with Crippen molar-refractivity contribution in [3.05, 3.63) is 63.5 Å². The lowest BCUT2D eigenvalue weighted by Crippen LogP contribution is -2.28. The molecule has 1 atom stereocenters. The van der Waals surface area contributed by atoms with Gasteiger partial charge in [0.2, 0.25) is 0 Å². The molecule has 0 radical (unpaired) electrons. The molecule has 0 bridgehead atoms. The third-order valence-electron chi connectivity index (χ3n) is 4.38. The quantitative estimate of drug-likeness (QED) is 0.469. The molecule has 152 valence electrons. The van der Waals surface area contributed by atoms with Crippen molar-refractivity contribution >= 4 is 40.1 Å². The molecule has 3 aromatic rings. The van der Waals surface area contributed by atoms with Crippen LogP contribution in [0.1, 0.15) is 38.1 Å². The van der Waals surface area contributed by atoms with Gasteiger partial charge in [0.1, 0.15) is 0 Å². The number of carbonyl (C=O) groups is 1. The van der Waals surface area contributed by atoms with Gasteiger partial charge in [-0.05, 0) is 39.8 Å². The summed E-state index contributed by atoms with van der Waals surface area (Å²) in [5, 5.41) is 10.3. The molecular formula is C22H20Cl2FNO3. The van der Waals surface area contributed by atoms with Crippen molar-refractivity contribution in [3.63, 3.8) is 0 Å². The molecule has 0 saturated carbocycles. The molecule has 1 N–H and O–H groups in total. The van der Waals surface area contributed by atoms with Crippen molar-refractivity contribution in [1.82, 2.24) is 4.98 Å². The minimum Gasteiger partial charge on any atom is -0.479 e. The van der Waals surface area contributed by atoms with Crippen molar-refractivity contribution in [2.24, 2.45) is 0 Å². The number of carboxylic acids is 1. The monoisotopic (exact) mass is 435 g/mol. The first kappa shape index (κ1) is 21.5. The molecule has 0 aliphatic carbocycles. The summed E-state index contributed by atoms with van der Waals surface area (Å²) in [5.41, 5.74) is 1.47. The molecule has 29 heavy (non-hydrogen) atoms. The number of hydrogen-bond acceptors (Lipinski definition) is 3. The van der Waals surface area contributed by atoms with Crippen LogP contribution in [-0.2, 0) is 9.53 Å². The third kappa shape index (κ3) is 4.22. The van der Waals surface area contributed by atoms with E-state index < -0.39 is 23.5 Å². The van der Waals surface area contributed by atoms with Crippen LogP contribution in [0.25, 0.3) is 22.0 Å². The second kappa shape index (κ2) is 7.90. The van der Waals surface area contributed by atoms with Crippen molar-refractivity contribution < 1.29 is 19.0 Å². The Balaban J connectivity index is 2.45. The number of pyridine rings is 1. The molecule has 0 saturated heterocycles. The molecule has 3 rings (SSSR count). The highest BCUT2D eigenvalue weighted by atomic mass is 35.5. The molecule has 7 heteroatoms. The van der Waals surface area contributed by atoms with E-state index in [0.717, 1.165) is 0 Å². The summed E-state index contributed by atoms with van der Waals surface area (Å²) in [6, 6.07) is 10.2. The van der Waals surface area contributed by atoms with Gasteiger partial charge < -0.3 is 9.84 Å². The van der Waals surface area contributed by atoms with Gasteiger partial charge in [0, 0.05) is 27.8 Å².